The molecule has 0 spiro atoms. The highest BCUT2D eigenvalue weighted by Crippen LogP contribution is 2.37. The van der Waals surface area contributed by atoms with Gasteiger partial charge in [0.2, 0.25) is 10.0 Å². The van der Waals surface area contributed by atoms with Crippen molar-refractivity contribution in [3.63, 3.8) is 0 Å². The van der Waals surface area contributed by atoms with E-state index in [2.05, 4.69) is 4.74 Å². The van der Waals surface area contributed by atoms with Gasteiger partial charge in [-0.05, 0) is 18.2 Å². The first kappa shape index (κ1) is 16.7. The summed E-state index contributed by atoms with van der Waals surface area (Å²) in [6.45, 7) is -0.793. The Morgan fingerprint density at radius 1 is 1.35 bits per heavy atom. The molecular weight excluding hydrogens is 299 g/mol. The minimum Gasteiger partial charge on any atom is -0.497 e. The summed E-state index contributed by atoms with van der Waals surface area (Å²) in [5, 5.41) is 8.71. The number of hydrogen-bond donors (Lipinski definition) is 1. The van der Waals surface area contributed by atoms with Crippen LogP contribution < -0.4 is 4.74 Å². The zero-order valence-corrected chi connectivity index (χ0v) is 11.6. The van der Waals surface area contributed by atoms with Crippen LogP contribution in [-0.2, 0) is 16.2 Å². The first-order valence-corrected chi connectivity index (χ1v) is 6.91. The quantitative estimate of drug-likeness (QED) is 0.890. The first-order valence-electron chi connectivity index (χ1n) is 5.47. The topological polar surface area (TPSA) is 66.8 Å². The van der Waals surface area contributed by atoms with E-state index in [4.69, 9.17) is 5.11 Å². The zero-order valence-electron chi connectivity index (χ0n) is 10.8. The summed E-state index contributed by atoms with van der Waals surface area (Å²) in [4.78, 5) is -0.873. The van der Waals surface area contributed by atoms with E-state index in [0.29, 0.717) is 10.4 Å². The maximum absolute atomic E-state index is 13.0. The van der Waals surface area contributed by atoms with Crippen LogP contribution in [0, 0.1) is 0 Å². The number of halogens is 3. The number of rotatable bonds is 5. The summed E-state index contributed by atoms with van der Waals surface area (Å²) in [5.74, 6) is -0.0962. The SMILES string of the molecule is COc1ccc(S(=O)(=O)N(C)CCO)c(C(F)(F)F)c1. The van der Waals surface area contributed by atoms with Crippen LogP contribution in [0.1, 0.15) is 5.56 Å². The largest absolute Gasteiger partial charge is 0.497 e. The molecule has 20 heavy (non-hydrogen) atoms. The third-order valence-corrected chi connectivity index (χ3v) is 4.51. The van der Waals surface area contributed by atoms with Crippen LogP contribution in [0.4, 0.5) is 13.2 Å². The summed E-state index contributed by atoms with van der Waals surface area (Å²) in [7, 11) is -2.07. The van der Waals surface area contributed by atoms with E-state index in [1.54, 1.807) is 0 Å². The van der Waals surface area contributed by atoms with E-state index in [1.807, 2.05) is 0 Å². The van der Waals surface area contributed by atoms with E-state index in [9.17, 15) is 21.6 Å². The number of aliphatic hydroxyl groups excluding tert-OH is 1. The maximum atomic E-state index is 13.0. The Balaban J connectivity index is 3.45. The fourth-order valence-corrected chi connectivity index (χ4v) is 2.86. The number of sulfonamides is 1. The molecular formula is C11H14F3NO4S. The van der Waals surface area contributed by atoms with Crippen molar-refractivity contribution < 1.29 is 31.4 Å². The number of benzene rings is 1. The van der Waals surface area contributed by atoms with Crippen LogP contribution >= 0.6 is 0 Å². The number of aliphatic hydroxyl groups is 1. The lowest BCUT2D eigenvalue weighted by Crippen LogP contribution is -2.31. The van der Waals surface area contributed by atoms with Gasteiger partial charge in [-0.3, -0.25) is 0 Å². The van der Waals surface area contributed by atoms with Crippen LogP contribution in [0.5, 0.6) is 5.75 Å². The third kappa shape index (κ3) is 3.41. The van der Waals surface area contributed by atoms with Gasteiger partial charge in [0.15, 0.2) is 0 Å². The molecule has 0 heterocycles. The average molecular weight is 313 g/mol. The Labute approximate surface area is 114 Å². The summed E-state index contributed by atoms with van der Waals surface area (Å²) >= 11 is 0. The van der Waals surface area contributed by atoms with E-state index < -0.39 is 33.3 Å². The molecule has 0 saturated carbocycles. The summed E-state index contributed by atoms with van der Waals surface area (Å²) < 4.78 is 68.3. The second kappa shape index (κ2) is 5.98. The van der Waals surface area contributed by atoms with Gasteiger partial charge < -0.3 is 9.84 Å². The van der Waals surface area contributed by atoms with Crippen molar-refractivity contribution in [1.29, 1.82) is 0 Å². The van der Waals surface area contributed by atoms with Gasteiger partial charge in [0.05, 0.1) is 24.2 Å². The summed E-state index contributed by atoms with van der Waals surface area (Å²) in [6, 6.07) is 2.60. The highest BCUT2D eigenvalue weighted by molar-refractivity contribution is 7.89. The summed E-state index contributed by atoms with van der Waals surface area (Å²) in [5.41, 5.74) is -1.30. The number of alkyl halides is 3. The predicted octanol–water partition coefficient (Wildman–Crippen LogP) is 1.33. The second-order valence-corrected chi connectivity index (χ2v) is 5.92. The molecule has 0 aromatic heterocycles. The second-order valence-electron chi connectivity index (χ2n) is 3.91. The average Bonchev–Trinajstić information content (AvgIpc) is 2.37. The van der Waals surface area contributed by atoms with E-state index >= 15 is 0 Å². The van der Waals surface area contributed by atoms with E-state index in [-0.39, 0.29) is 12.3 Å². The van der Waals surface area contributed by atoms with Gasteiger partial charge in [0.1, 0.15) is 5.75 Å². The maximum Gasteiger partial charge on any atom is 0.417 e. The molecule has 9 heteroatoms. The van der Waals surface area contributed by atoms with Crippen molar-refractivity contribution in [3.05, 3.63) is 23.8 Å². The van der Waals surface area contributed by atoms with Gasteiger partial charge >= 0.3 is 6.18 Å². The molecule has 0 bridgehead atoms. The fourth-order valence-electron chi connectivity index (χ4n) is 1.51. The van der Waals surface area contributed by atoms with Crippen molar-refractivity contribution in [1.82, 2.24) is 4.31 Å². The Morgan fingerprint density at radius 3 is 2.40 bits per heavy atom. The van der Waals surface area contributed by atoms with Crippen molar-refractivity contribution in [2.45, 2.75) is 11.1 Å². The molecule has 0 fully saturated rings. The molecule has 114 valence electrons. The van der Waals surface area contributed by atoms with Gasteiger partial charge in [-0.15, -0.1) is 0 Å². The number of likely N-dealkylation sites (N-methyl/N-ethyl adjacent to an activating group) is 1. The van der Waals surface area contributed by atoms with E-state index in [0.717, 1.165) is 19.2 Å². The van der Waals surface area contributed by atoms with Crippen molar-refractivity contribution >= 4 is 10.0 Å². The van der Waals surface area contributed by atoms with Gasteiger partial charge in [-0.1, -0.05) is 0 Å². The molecule has 0 aliphatic carbocycles. The molecule has 0 radical (unpaired) electrons. The molecule has 0 saturated heterocycles. The molecule has 1 aromatic carbocycles. The highest BCUT2D eigenvalue weighted by Gasteiger charge is 2.38. The number of ether oxygens (including phenoxy) is 1. The third-order valence-electron chi connectivity index (χ3n) is 2.60. The number of nitrogens with zero attached hydrogens (tertiary/aromatic N) is 1. The van der Waals surface area contributed by atoms with Crippen LogP contribution in [0.3, 0.4) is 0 Å². The fraction of sp³-hybridized carbons (Fsp3) is 0.455. The first-order chi connectivity index (χ1) is 9.14. The van der Waals surface area contributed by atoms with E-state index in [1.165, 1.54) is 7.11 Å². The smallest absolute Gasteiger partial charge is 0.417 e. The van der Waals surface area contributed by atoms with Crippen LogP contribution in [0.25, 0.3) is 0 Å². The van der Waals surface area contributed by atoms with Crippen LogP contribution in [-0.4, -0.2) is 45.1 Å². The Kier molecular flexibility index (Phi) is 5.00. The molecule has 1 N–H and O–H groups in total. The Bertz CT molecular complexity index is 572. The lowest BCUT2D eigenvalue weighted by Gasteiger charge is -2.20. The molecule has 0 aliphatic heterocycles. The van der Waals surface area contributed by atoms with Crippen LogP contribution in [0.2, 0.25) is 0 Å². The Morgan fingerprint density at radius 2 is 1.95 bits per heavy atom. The van der Waals surface area contributed by atoms with Gasteiger partial charge in [-0.2, -0.15) is 17.5 Å². The monoisotopic (exact) mass is 313 g/mol. The van der Waals surface area contributed by atoms with Gasteiger partial charge in [0.25, 0.3) is 0 Å². The predicted molar refractivity (Wildman–Crippen MR) is 64.9 cm³/mol. The lowest BCUT2D eigenvalue weighted by molar-refractivity contribution is -0.140. The molecule has 5 nitrogen and oxygen atoms in total. The lowest BCUT2D eigenvalue weighted by atomic mass is 10.2. The summed E-state index contributed by atoms with van der Waals surface area (Å²) in [6.07, 6.45) is -4.84. The normalized spacial score (nSPS) is 12.8. The molecule has 1 rings (SSSR count). The molecule has 0 amide bonds. The molecule has 0 atom stereocenters. The number of methoxy groups -OCH3 is 1. The highest BCUT2D eigenvalue weighted by atomic mass is 32.2. The van der Waals surface area contributed by atoms with Crippen molar-refractivity contribution in [3.8, 4) is 5.75 Å². The van der Waals surface area contributed by atoms with Gasteiger partial charge in [0, 0.05) is 13.6 Å². The van der Waals surface area contributed by atoms with Crippen LogP contribution in [0.15, 0.2) is 23.1 Å². The minimum atomic E-state index is -4.84. The standard InChI is InChI=1S/C11H14F3NO4S/c1-15(5-6-16)20(17,18)10-4-3-8(19-2)7-9(10)11(12,13)14/h3-4,7,16H,5-6H2,1-2H3. The minimum absolute atomic E-state index is 0.0962. The molecule has 0 unspecified atom stereocenters. The number of hydrogen-bond acceptors (Lipinski definition) is 4. The van der Waals surface area contributed by atoms with Crippen molar-refractivity contribution in [2.24, 2.45) is 0 Å². The van der Waals surface area contributed by atoms with Gasteiger partial charge in [-0.25, -0.2) is 8.42 Å². The Hall–Kier alpha value is -1.32. The molecule has 0 aliphatic rings. The molecule has 1 aromatic rings. The zero-order chi connectivity index (χ0) is 15.6. The van der Waals surface area contributed by atoms with Crippen molar-refractivity contribution in [2.75, 3.05) is 27.3 Å².